The molecule has 1 aliphatic heterocycles. The number of hydrogen-bond donors (Lipinski definition) is 2. The highest BCUT2D eigenvalue weighted by Gasteiger charge is 2.70. The van der Waals surface area contributed by atoms with Gasteiger partial charge < -0.3 is 15.3 Å². The topological polar surface area (TPSA) is 86.7 Å². The Labute approximate surface area is 309 Å². The number of fused-ring (bicyclic) bond motifs is 7. The van der Waals surface area contributed by atoms with Gasteiger partial charge in [0, 0.05) is 24.9 Å². The predicted molar refractivity (Wildman–Crippen MR) is 208 cm³/mol. The Balaban J connectivity index is 1.12. The fourth-order valence-electron chi connectivity index (χ4n) is 14.4. The molecule has 1 heterocycles. The Bertz CT molecular complexity index is 1670. The lowest BCUT2D eigenvalue weighted by molar-refractivity contribution is -0.219. The van der Waals surface area contributed by atoms with Gasteiger partial charge >= 0.3 is 5.97 Å². The molecular weight excluding hydrogens is 653 g/mol. The second kappa shape index (κ2) is 12.8. The van der Waals surface area contributed by atoms with Crippen LogP contribution in [0.4, 0.5) is 0 Å². The number of piperidine rings is 1. The lowest BCUT2D eigenvalue weighted by atomic mass is 9.33. The number of carboxylic acid groups (broad SMARTS) is 1. The summed E-state index contributed by atoms with van der Waals surface area (Å²) in [6.07, 6.45) is 16.7. The van der Waals surface area contributed by atoms with E-state index in [1.54, 1.807) is 12.1 Å². The van der Waals surface area contributed by atoms with Crippen molar-refractivity contribution in [2.75, 3.05) is 32.4 Å². The van der Waals surface area contributed by atoms with E-state index in [0.717, 1.165) is 45.4 Å². The van der Waals surface area contributed by atoms with E-state index in [1.807, 2.05) is 12.1 Å². The Hall–Kier alpha value is -1.96. The first kappa shape index (κ1) is 37.4. The van der Waals surface area contributed by atoms with Gasteiger partial charge in [0.05, 0.1) is 10.8 Å². The smallest absolute Gasteiger partial charge is 0.335 e. The third-order valence-corrected chi connectivity index (χ3v) is 18.8. The summed E-state index contributed by atoms with van der Waals surface area (Å²) in [5.74, 6) is 2.28. The third-order valence-electron chi connectivity index (χ3n) is 17.1. The molecule has 9 atom stereocenters. The molecule has 1 aromatic rings. The summed E-state index contributed by atoms with van der Waals surface area (Å²) in [6.45, 7) is 23.7. The monoisotopic (exact) mass is 718 g/mol. The van der Waals surface area contributed by atoms with Crippen molar-refractivity contribution >= 4 is 21.4 Å². The molecule has 282 valence electrons. The molecule has 4 saturated carbocycles. The summed E-state index contributed by atoms with van der Waals surface area (Å²) in [6, 6.07) is 7.60. The molecule has 1 aromatic carbocycles. The minimum atomic E-state index is -2.95. The molecular formula is C44H66N2O4S. The molecule has 0 spiro atoms. The van der Waals surface area contributed by atoms with Crippen LogP contribution in [-0.2, 0) is 9.84 Å². The normalized spacial score (nSPS) is 41.1. The molecule has 6 nitrogen and oxygen atoms in total. The summed E-state index contributed by atoms with van der Waals surface area (Å²) >= 11 is 0. The van der Waals surface area contributed by atoms with Gasteiger partial charge in [-0.3, -0.25) is 0 Å². The van der Waals surface area contributed by atoms with Crippen molar-refractivity contribution in [2.24, 2.45) is 51.2 Å². The van der Waals surface area contributed by atoms with E-state index in [2.05, 4.69) is 64.4 Å². The summed E-state index contributed by atoms with van der Waals surface area (Å²) in [5, 5.41) is 13.6. The van der Waals surface area contributed by atoms with E-state index in [4.69, 9.17) is 0 Å². The van der Waals surface area contributed by atoms with Crippen LogP contribution in [0.3, 0.4) is 0 Å². The number of nitrogens with zero attached hydrogens (tertiary/aromatic N) is 1. The molecule has 5 aliphatic carbocycles. The van der Waals surface area contributed by atoms with Gasteiger partial charge in [-0.1, -0.05) is 65.0 Å². The van der Waals surface area contributed by atoms with E-state index in [9.17, 15) is 18.3 Å². The average molecular weight is 719 g/mol. The van der Waals surface area contributed by atoms with Crippen LogP contribution in [0.2, 0.25) is 0 Å². The predicted octanol–water partition coefficient (Wildman–Crippen LogP) is 8.89. The number of aromatic carboxylic acids is 1. The molecule has 7 rings (SSSR count). The summed E-state index contributed by atoms with van der Waals surface area (Å²) in [4.78, 5) is 14.1. The number of rotatable bonds is 8. The quantitative estimate of drug-likeness (QED) is 0.261. The third kappa shape index (κ3) is 5.84. The van der Waals surface area contributed by atoms with E-state index in [0.29, 0.717) is 35.2 Å². The van der Waals surface area contributed by atoms with E-state index in [-0.39, 0.29) is 32.4 Å². The van der Waals surface area contributed by atoms with Crippen molar-refractivity contribution in [3.63, 3.8) is 0 Å². The van der Waals surface area contributed by atoms with Crippen molar-refractivity contribution in [1.82, 2.24) is 10.2 Å². The van der Waals surface area contributed by atoms with E-state index < -0.39 is 15.8 Å². The number of nitrogens with one attached hydrogen (secondary N) is 1. The molecule has 1 unspecified atom stereocenters. The largest absolute Gasteiger partial charge is 0.478 e. The number of benzene rings is 1. The van der Waals surface area contributed by atoms with Crippen LogP contribution in [-0.4, -0.2) is 67.6 Å². The highest BCUT2D eigenvalue weighted by Crippen LogP contribution is 2.76. The minimum Gasteiger partial charge on any atom is -0.478 e. The maximum atomic E-state index is 12.1. The molecule has 5 fully saturated rings. The zero-order valence-electron chi connectivity index (χ0n) is 32.7. The number of carboxylic acids is 1. The van der Waals surface area contributed by atoms with Crippen LogP contribution in [0, 0.1) is 51.2 Å². The molecule has 0 bridgehead atoms. The van der Waals surface area contributed by atoms with Gasteiger partial charge in [0.25, 0.3) is 0 Å². The zero-order chi connectivity index (χ0) is 36.8. The number of hydrogen-bond acceptors (Lipinski definition) is 5. The highest BCUT2D eigenvalue weighted by atomic mass is 32.2. The van der Waals surface area contributed by atoms with Crippen LogP contribution in [0.15, 0.2) is 42.5 Å². The van der Waals surface area contributed by atoms with Gasteiger partial charge in [-0.05, 0) is 165 Å². The highest BCUT2D eigenvalue weighted by molar-refractivity contribution is 7.91. The summed E-state index contributed by atoms with van der Waals surface area (Å²) < 4.78 is 24.3. The SMILES string of the molecule is C=C(C)[C@@H]1CC[C@]2(NCCN3CCC(S(C)(=O)=O)CC3)CC[C@]3(C)C(CC[C@@H]4[C@@]5(C)CC=C(c6ccc(C(=O)O)cc6)C(C)(C)[C@@H]5CC[C@]43C)[C@@H]12. The van der Waals surface area contributed by atoms with Crippen LogP contribution >= 0.6 is 0 Å². The first-order valence-corrected chi connectivity index (χ1v) is 22.2. The Kier molecular flexibility index (Phi) is 9.40. The van der Waals surface area contributed by atoms with Crippen LogP contribution in [0.5, 0.6) is 0 Å². The Morgan fingerprint density at radius 3 is 2.22 bits per heavy atom. The fraction of sp³-hybridized carbons (Fsp3) is 0.750. The van der Waals surface area contributed by atoms with Crippen molar-refractivity contribution in [1.29, 1.82) is 0 Å². The summed E-state index contributed by atoms with van der Waals surface area (Å²) in [7, 11) is -2.95. The lowest BCUT2D eigenvalue weighted by Crippen LogP contribution is -2.68. The standard InChI is InChI=1S/C44H66N2O4S/c1-29(2)33-15-22-44(45-25-28-46-26-18-32(19-27-46)51(8,49)50)24-23-42(6)35(38(33)44)13-14-37-41(5)20-16-34(30-9-11-31(12-10-30)39(47)48)40(3,4)36(41)17-21-43(37,42)7/h9-12,16,32-33,35-38,45H,1,13-15,17-28H2,2-8H3,(H,47,48)/t33-,35?,36-,37+,38+,41-,42+,43+,44-/m0/s1. The first-order valence-electron chi connectivity index (χ1n) is 20.2. The van der Waals surface area contributed by atoms with Crippen molar-refractivity contribution in [2.45, 2.75) is 123 Å². The van der Waals surface area contributed by atoms with Crippen molar-refractivity contribution in [3.8, 4) is 0 Å². The lowest BCUT2D eigenvalue weighted by Gasteiger charge is -2.72. The van der Waals surface area contributed by atoms with Gasteiger partial charge in [-0.2, -0.15) is 0 Å². The second-order valence-corrected chi connectivity index (χ2v) is 21.9. The molecule has 2 N–H and O–H groups in total. The molecule has 0 amide bonds. The van der Waals surface area contributed by atoms with Crippen LogP contribution in [0.1, 0.15) is 128 Å². The molecule has 51 heavy (non-hydrogen) atoms. The van der Waals surface area contributed by atoms with Crippen LogP contribution < -0.4 is 5.32 Å². The van der Waals surface area contributed by atoms with Gasteiger partial charge in [0.2, 0.25) is 0 Å². The molecule has 6 aliphatic rings. The van der Waals surface area contributed by atoms with Crippen molar-refractivity contribution in [3.05, 3.63) is 53.6 Å². The Morgan fingerprint density at radius 2 is 1.59 bits per heavy atom. The zero-order valence-corrected chi connectivity index (χ0v) is 33.5. The summed E-state index contributed by atoms with van der Waals surface area (Å²) in [5.41, 5.74) is 5.29. The molecule has 7 heteroatoms. The number of sulfone groups is 1. The molecule has 0 aromatic heterocycles. The minimum absolute atomic E-state index is 0.0129. The van der Waals surface area contributed by atoms with E-state index in [1.165, 1.54) is 74.3 Å². The number of likely N-dealkylation sites (tertiary alicyclic amines) is 1. The van der Waals surface area contributed by atoms with Gasteiger partial charge in [-0.15, -0.1) is 0 Å². The first-order chi connectivity index (χ1) is 23.9. The molecule has 0 radical (unpaired) electrons. The maximum absolute atomic E-state index is 12.1. The fourth-order valence-corrected chi connectivity index (χ4v) is 15.4. The second-order valence-electron chi connectivity index (χ2n) is 19.6. The van der Waals surface area contributed by atoms with Crippen LogP contribution in [0.25, 0.3) is 5.57 Å². The number of carbonyl (C=O) groups is 1. The van der Waals surface area contributed by atoms with E-state index >= 15 is 0 Å². The Morgan fingerprint density at radius 1 is 0.902 bits per heavy atom. The maximum Gasteiger partial charge on any atom is 0.335 e. The van der Waals surface area contributed by atoms with Gasteiger partial charge in [-0.25, -0.2) is 13.2 Å². The number of allylic oxidation sites excluding steroid dienone is 3. The molecule has 1 saturated heterocycles. The van der Waals surface area contributed by atoms with Crippen molar-refractivity contribution < 1.29 is 18.3 Å². The van der Waals surface area contributed by atoms with Gasteiger partial charge in [0.1, 0.15) is 9.84 Å². The average Bonchev–Trinajstić information content (AvgIpc) is 3.45. The van der Waals surface area contributed by atoms with Gasteiger partial charge in [0.15, 0.2) is 0 Å².